The van der Waals surface area contributed by atoms with E-state index >= 15 is 0 Å². The molecule has 0 bridgehead atoms. The molecule has 0 aliphatic rings. The fourth-order valence-electron chi connectivity index (χ4n) is 0.808. The van der Waals surface area contributed by atoms with Crippen LogP contribution in [0.5, 0.6) is 5.75 Å². The van der Waals surface area contributed by atoms with E-state index in [0.29, 0.717) is 0 Å². The van der Waals surface area contributed by atoms with Crippen LogP contribution in [0.3, 0.4) is 0 Å². The quantitative estimate of drug-likeness (QED) is 0.635. The summed E-state index contributed by atoms with van der Waals surface area (Å²) in [5.41, 5.74) is 0. The van der Waals surface area contributed by atoms with Gasteiger partial charge < -0.3 is 4.74 Å². The van der Waals surface area contributed by atoms with Gasteiger partial charge in [-0.3, -0.25) is 0 Å². The van der Waals surface area contributed by atoms with Crippen molar-refractivity contribution in [3.63, 3.8) is 0 Å². The maximum Gasteiger partial charge on any atom is 0.133 e. The van der Waals surface area contributed by atoms with Crippen LogP contribution in [0.2, 0.25) is 0 Å². The number of thiol groups is 1. The molecule has 0 radical (unpaired) electrons. The Morgan fingerprint density at radius 3 is 2.75 bits per heavy atom. The van der Waals surface area contributed by atoms with Crippen molar-refractivity contribution in [2.24, 2.45) is 0 Å². The summed E-state index contributed by atoms with van der Waals surface area (Å²) < 4.78 is 6.49. The van der Waals surface area contributed by atoms with Gasteiger partial charge in [-0.05, 0) is 40.2 Å². The Balaban J connectivity index is 2.46. The van der Waals surface area contributed by atoms with Crippen LogP contribution in [0.1, 0.15) is 6.42 Å². The molecule has 0 aromatic heterocycles. The fourth-order valence-corrected chi connectivity index (χ4v) is 1.34. The molecule has 0 saturated heterocycles. The summed E-state index contributed by atoms with van der Waals surface area (Å²) in [6, 6.07) is 7.84. The van der Waals surface area contributed by atoms with Gasteiger partial charge in [0.05, 0.1) is 11.1 Å². The smallest absolute Gasteiger partial charge is 0.133 e. The first-order valence-corrected chi connectivity index (χ1v) is 5.25. The van der Waals surface area contributed by atoms with Crippen LogP contribution in [0.15, 0.2) is 28.7 Å². The van der Waals surface area contributed by atoms with Crippen LogP contribution in [0.4, 0.5) is 0 Å². The molecule has 3 heteroatoms. The number of rotatable bonds is 4. The molecule has 0 fully saturated rings. The van der Waals surface area contributed by atoms with Crippen molar-refractivity contribution in [2.75, 3.05) is 12.4 Å². The molecule has 0 unspecified atom stereocenters. The molecular formula is C9H11BrOS. The number of halogens is 1. The van der Waals surface area contributed by atoms with E-state index in [9.17, 15) is 0 Å². The molecule has 0 aliphatic carbocycles. The molecule has 0 saturated carbocycles. The summed E-state index contributed by atoms with van der Waals surface area (Å²) in [5, 5.41) is 0. The Kier molecular flexibility index (Phi) is 4.54. The van der Waals surface area contributed by atoms with E-state index in [2.05, 4.69) is 28.6 Å². The van der Waals surface area contributed by atoms with E-state index in [0.717, 1.165) is 29.0 Å². The van der Waals surface area contributed by atoms with Gasteiger partial charge in [0.15, 0.2) is 0 Å². The number of benzene rings is 1. The summed E-state index contributed by atoms with van der Waals surface area (Å²) in [4.78, 5) is 0. The lowest BCUT2D eigenvalue weighted by Crippen LogP contribution is -1.97. The average molecular weight is 247 g/mol. The molecule has 0 heterocycles. The highest BCUT2D eigenvalue weighted by atomic mass is 79.9. The fraction of sp³-hybridized carbons (Fsp3) is 0.333. The summed E-state index contributed by atoms with van der Waals surface area (Å²) in [5.74, 6) is 1.77. The first-order valence-electron chi connectivity index (χ1n) is 3.83. The zero-order valence-electron chi connectivity index (χ0n) is 6.66. The molecular weight excluding hydrogens is 236 g/mol. The molecule has 1 rings (SSSR count). The number of hydrogen-bond acceptors (Lipinski definition) is 2. The van der Waals surface area contributed by atoms with Crippen molar-refractivity contribution in [1.82, 2.24) is 0 Å². The predicted molar refractivity (Wildman–Crippen MR) is 58.1 cm³/mol. The number of hydrogen-bond donors (Lipinski definition) is 1. The van der Waals surface area contributed by atoms with E-state index < -0.39 is 0 Å². The summed E-state index contributed by atoms with van der Waals surface area (Å²) in [7, 11) is 0. The van der Waals surface area contributed by atoms with E-state index in [-0.39, 0.29) is 0 Å². The third-order valence-corrected chi connectivity index (χ3v) is 2.37. The lowest BCUT2D eigenvalue weighted by molar-refractivity contribution is 0.317. The maximum atomic E-state index is 5.48. The molecule has 12 heavy (non-hydrogen) atoms. The van der Waals surface area contributed by atoms with Crippen molar-refractivity contribution in [3.05, 3.63) is 28.7 Å². The van der Waals surface area contributed by atoms with Gasteiger partial charge in [0, 0.05) is 0 Å². The van der Waals surface area contributed by atoms with Gasteiger partial charge in [-0.2, -0.15) is 12.6 Å². The van der Waals surface area contributed by atoms with Gasteiger partial charge >= 0.3 is 0 Å². The Labute approximate surface area is 86.7 Å². The van der Waals surface area contributed by atoms with Crippen LogP contribution in [-0.4, -0.2) is 12.4 Å². The minimum atomic E-state index is 0.728. The summed E-state index contributed by atoms with van der Waals surface area (Å²) in [6.07, 6.45) is 0.977. The standard InChI is InChI=1S/C9H11BrOS/c10-8-4-1-2-5-9(8)11-6-3-7-12/h1-2,4-5,12H,3,6-7H2. The Bertz CT molecular complexity index is 240. The molecule has 0 amide bonds. The van der Waals surface area contributed by atoms with Gasteiger partial charge in [0.1, 0.15) is 5.75 Å². The van der Waals surface area contributed by atoms with E-state index in [1.165, 1.54) is 0 Å². The first-order chi connectivity index (χ1) is 5.84. The second kappa shape index (κ2) is 5.49. The molecule has 0 N–H and O–H groups in total. The van der Waals surface area contributed by atoms with Crippen LogP contribution >= 0.6 is 28.6 Å². The van der Waals surface area contributed by atoms with Crippen molar-refractivity contribution < 1.29 is 4.74 Å². The van der Waals surface area contributed by atoms with E-state index in [4.69, 9.17) is 4.74 Å². The van der Waals surface area contributed by atoms with Crippen LogP contribution < -0.4 is 4.74 Å². The van der Waals surface area contributed by atoms with Gasteiger partial charge in [-0.15, -0.1) is 0 Å². The van der Waals surface area contributed by atoms with Crippen molar-refractivity contribution in [1.29, 1.82) is 0 Å². The highest BCUT2D eigenvalue weighted by Gasteiger charge is 1.97. The van der Waals surface area contributed by atoms with Gasteiger partial charge in [-0.25, -0.2) is 0 Å². The average Bonchev–Trinajstić information content (AvgIpc) is 2.09. The van der Waals surface area contributed by atoms with Gasteiger partial charge in [0.25, 0.3) is 0 Å². The molecule has 1 nitrogen and oxygen atoms in total. The first kappa shape index (κ1) is 9.93. The summed E-state index contributed by atoms with van der Waals surface area (Å²) >= 11 is 7.51. The third-order valence-electron chi connectivity index (χ3n) is 1.40. The monoisotopic (exact) mass is 246 g/mol. The molecule has 1 aromatic carbocycles. The van der Waals surface area contributed by atoms with E-state index in [1.807, 2.05) is 24.3 Å². The second-order valence-corrected chi connectivity index (χ2v) is 3.66. The van der Waals surface area contributed by atoms with E-state index in [1.54, 1.807) is 0 Å². The summed E-state index contributed by atoms with van der Waals surface area (Å²) in [6.45, 7) is 0.728. The second-order valence-electron chi connectivity index (χ2n) is 2.36. The van der Waals surface area contributed by atoms with Crippen molar-refractivity contribution in [3.8, 4) is 5.75 Å². The highest BCUT2D eigenvalue weighted by Crippen LogP contribution is 2.23. The highest BCUT2D eigenvalue weighted by molar-refractivity contribution is 9.10. The van der Waals surface area contributed by atoms with Crippen LogP contribution in [0.25, 0.3) is 0 Å². The minimum Gasteiger partial charge on any atom is -0.492 e. The Hall–Kier alpha value is -0.150. The number of ether oxygens (including phenoxy) is 1. The Morgan fingerprint density at radius 2 is 2.08 bits per heavy atom. The lowest BCUT2D eigenvalue weighted by atomic mass is 10.3. The zero-order chi connectivity index (χ0) is 8.81. The SMILES string of the molecule is SCCCOc1ccccc1Br. The largest absolute Gasteiger partial charge is 0.492 e. The molecule has 0 spiro atoms. The topological polar surface area (TPSA) is 9.23 Å². The van der Waals surface area contributed by atoms with Crippen molar-refractivity contribution in [2.45, 2.75) is 6.42 Å². The van der Waals surface area contributed by atoms with Gasteiger partial charge in [-0.1, -0.05) is 12.1 Å². The van der Waals surface area contributed by atoms with Crippen LogP contribution in [-0.2, 0) is 0 Å². The lowest BCUT2D eigenvalue weighted by Gasteiger charge is -2.05. The van der Waals surface area contributed by atoms with Crippen LogP contribution in [0, 0.1) is 0 Å². The zero-order valence-corrected chi connectivity index (χ0v) is 9.14. The maximum absolute atomic E-state index is 5.48. The molecule has 1 aromatic rings. The third kappa shape index (κ3) is 3.07. The molecule has 0 atom stereocenters. The molecule has 66 valence electrons. The normalized spacial score (nSPS) is 9.83. The molecule has 0 aliphatic heterocycles. The van der Waals surface area contributed by atoms with Gasteiger partial charge in [0.2, 0.25) is 0 Å². The Morgan fingerprint density at radius 1 is 1.33 bits per heavy atom. The number of para-hydroxylation sites is 1. The minimum absolute atomic E-state index is 0.728. The van der Waals surface area contributed by atoms with Crippen molar-refractivity contribution >= 4 is 28.6 Å². The predicted octanol–water partition coefficient (Wildman–Crippen LogP) is 3.15.